The maximum absolute atomic E-state index is 11.0. The number of nitrogens with zero attached hydrogens (tertiary/aromatic N) is 2. The van der Waals surface area contributed by atoms with Crippen LogP contribution in [-0.2, 0) is 9.53 Å². The van der Waals surface area contributed by atoms with Crippen molar-refractivity contribution in [3.8, 4) is 0 Å². The Bertz CT molecular complexity index is 508. The molecule has 0 amide bonds. The third-order valence-corrected chi connectivity index (χ3v) is 2.17. The zero-order valence-corrected chi connectivity index (χ0v) is 8.80. The number of methoxy groups -OCH3 is 1. The predicted molar refractivity (Wildman–Crippen MR) is 60.0 cm³/mol. The van der Waals surface area contributed by atoms with Gasteiger partial charge in [0, 0.05) is 5.39 Å². The summed E-state index contributed by atoms with van der Waals surface area (Å²) in [5.41, 5.74) is 0.838. The van der Waals surface area contributed by atoms with Gasteiger partial charge in [-0.1, -0.05) is 12.1 Å². The summed E-state index contributed by atoms with van der Waals surface area (Å²) in [6.45, 7) is 0.0947. The van der Waals surface area contributed by atoms with E-state index in [-0.39, 0.29) is 12.5 Å². The molecule has 0 fully saturated rings. The molecule has 1 heterocycles. The smallest absolute Gasteiger partial charge is 0.325 e. The minimum absolute atomic E-state index is 0.0947. The van der Waals surface area contributed by atoms with Crippen LogP contribution in [0.5, 0.6) is 0 Å². The molecule has 0 aliphatic carbocycles. The largest absolute Gasteiger partial charge is 0.468 e. The third-order valence-electron chi connectivity index (χ3n) is 2.17. The molecule has 0 saturated carbocycles. The van der Waals surface area contributed by atoms with E-state index in [1.165, 1.54) is 13.4 Å². The number of anilines is 1. The standard InChI is InChI=1S/C11H11N3O2/c1-16-10(15)6-12-11-8-4-2-3-5-9(8)13-7-14-11/h2-5,7H,6H2,1H3,(H,12,13,14). The molecule has 0 radical (unpaired) electrons. The number of aromatic nitrogens is 2. The minimum atomic E-state index is -0.331. The Balaban J connectivity index is 2.27. The molecule has 0 saturated heterocycles. The van der Waals surface area contributed by atoms with Crippen LogP contribution in [0.2, 0.25) is 0 Å². The summed E-state index contributed by atoms with van der Waals surface area (Å²) in [5, 5.41) is 3.80. The Morgan fingerprint density at radius 2 is 2.19 bits per heavy atom. The molecule has 0 spiro atoms. The molecule has 16 heavy (non-hydrogen) atoms. The molecule has 0 bridgehead atoms. The number of ether oxygens (including phenoxy) is 1. The summed E-state index contributed by atoms with van der Waals surface area (Å²) in [5.74, 6) is 0.304. The second-order valence-corrected chi connectivity index (χ2v) is 3.17. The monoisotopic (exact) mass is 217 g/mol. The van der Waals surface area contributed by atoms with Gasteiger partial charge in [-0.15, -0.1) is 0 Å². The number of para-hydroxylation sites is 1. The lowest BCUT2D eigenvalue weighted by molar-refractivity contribution is -0.138. The van der Waals surface area contributed by atoms with E-state index in [9.17, 15) is 4.79 Å². The quantitative estimate of drug-likeness (QED) is 0.783. The number of rotatable bonds is 3. The number of carbonyl (C=O) groups is 1. The predicted octanol–water partition coefficient (Wildman–Crippen LogP) is 1.21. The van der Waals surface area contributed by atoms with Gasteiger partial charge in [0.05, 0.1) is 12.6 Å². The van der Waals surface area contributed by atoms with Crippen molar-refractivity contribution < 1.29 is 9.53 Å². The first-order valence-electron chi connectivity index (χ1n) is 4.81. The van der Waals surface area contributed by atoms with E-state index in [4.69, 9.17) is 0 Å². The van der Waals surface area contributed by atoms with Crippen LogP contribution in [0, 0.1) is 0 Å². The Morgan fingerprint density at radius 3 is 3.00 bits per heavy atom. The Hall–Kier alpha value is -2.17. The number of carbonyl (C=O) groups excluding carboxylic acids is 1. The first kappa shape index (κ1) is 10.4. The number of fused-ring (bicyclic) bond motifs is 1. The van der Waals surface area contributed by atoms with Crippen LogP contribution in [-0.4, -0.2) is 29.6 Å². The maximum Gasteiger partial charge on any atom is 0.325 e. The zero-order chi connectivity index (χ0) is 11.4. The molecule has 1 aromatic heterocycles. The number of hydrogen-bond donors (Lipinski definition) is 1. The summed E-state index contributed by atoms with van der Waals surface area (Å²) >= 11 is 0. The Morgan fingerprint density at radius 1 is 1.38 bits per heavy atom. The van der Waals surface area contributed by atoms with Crippen LogP contribution < -0.4 is 5.32 Å². The Labute approximate surface area is 92.5 Å². The average molecular weight is 217 g/mol. The van der Waals surface area contributed by atoms with E-state index in [1.807, 2.05) is 24.3 Å². The first-order chi connectivity index (χ1) is 7.81. The van der Waals surface area contributed by atoms with Gasteiger partial charge in [-0.05, 0) is 12.1 Å². The van der Waals surface area contributed by atoms with E-state index in [1.54, 1.807) is 0 Å². The summed E-state index contributed by atoms with van der Waals surface area (Å²) in [6.07, 6.45) is 1.46. The molecule has 82 valence electrons. The van der Waals surface area contributed by atoms with E-state index in [2.05, 4.69) is 20.0 Å². The summed E-state index contributed by atoms with van der Waals surface area (Å²) in [7, 11) is 1.35. The highest BCUT2D eigenvalue weighted by molar-refractivity contribution is 5.89. The molecule has 5 nitrogen and oxygen atoms in total. The fourth-order valence-electron chi connectivity index (χ4n) is 1.37. The molecule has 5 heteroatoms. The number of esters is 1. The van der Waals surface area contributed by atoms with E-state index in [0.717, 1.165) is 10.9 Å². The van der Waals surface area contributed by atoms with Crippen LogP contribution >= 0.6 is 0 Å². The Kier molecular flexibility index (Phi) is 2.95. The van der Waals surface area contributed by atoms with Gasteiger partial charge in [-0.3, -0.25) is 4.79 Å². The van der Waals surface area contributed by atoms with E-state index < -0.39 is 0 Å². The topological polar surface area (TPSA) is 64.1 Å². The molecular weight excluding hydrogens is 206 g/mol. The van der Waals surface area contributed by atoms with Crippen molar-refractivity contribution in [1.82, 2.24) is 9.97 Å². The first-order valence-corrected chi connectivity index (χ1v) is 4.81. The van der Waals surface area contributed by atoms with Gasteiger partial charge in [0.2, 0.25) is 0 Å². The molecule has 0 atom stereocenters. The van der Waals surface area contributed by atoms with Gasteiger partial charge in [-0.2, -0.15) is 0 Å². The number of nitrogens with one attached hydrogen (secondary N) is 1. The molecule has 2 rings (SSSR count). The van der Waals surface area contributed by atoms with Gasteiger partial charge in [0.1, 0.15) is 18.7 Å². The molecular formula is C11H11N3O2. The van der Waals surface area contributed by atoms with Gasteiger partial charge in [0.25, 0.3) is 0 Å². The zero-order valence-electron chi connectivity index (χ0n) is 8.80. The van der Waals surface area contributed by atoms with Crippen LogP contribution in [0.3, 0.4) is 0 Å². The number of benzene rings is 1. The maximum atomic E-state index is 11.0. The minimum Gasteiger partial charge on any atom is -0.468 e. The van der Waals surface area contributed by atoms with Crippen molar-refractivity contribution in [3.05, 3.63) is 30.6 Å². The second-order valence-electron chi connectivity index (χ2n) is 3.17. The normalized spacial score (nSPS) is 10.1. The molecule has 1 aromatic carbocycles. The van der Waals surface area contributed by atoms with Crippen molar-refractivity contribution >= 4 is 22.7 Å². The van der Waals surface area contributed by atoms with Crippen LogP contribution in [0.4, 0.5) is 5.82 Å². The molecule has 2 aromatic rings. The fraction of sp³-hybridized carbons (Fsp3) is 0.182. The van der Waals surface area contributed by atoms with Crippen LogP contribution in [0.1, 0.15) is 0 Å². The summed E-state index contributed by atoms with van der Waals surface area (Å²) in [6, 6.07) is 7.59. The van der Waals surface area contributed by atoms with E-state index >= 15 is 0 Å². The van der Waals surface area contributed by atoms with Crippen LogP contribution in [0.25, 0.3) is 10.9 Å². The lowest BCUT2D eigenvalue weighted by Gasteiger charge is -2.06. The van der Waals surface area contributed by atoms with Crippen molar-refractivity contribution in [2.24, 2.45) is 0 Å². The SMILES string of the molecule is COC(=O)CNc1ncnc2ccccc12. The molecule has 0 aliphatic rings. The average Bonchev–Trinajstić information content (AvgIpc) is 2.35. The van der Waals surface area contributed by atoms with Crippen molar-refractivity contribution in [2.45, 2.75) is 0 Å². The summed E-state index contributed by atoms with van der Waals surface area (Å²) in [4.78, 5) is 19.2. The molecule has 0 unspecified atom stereocenters. The summed E-state index contributed by atoms with van der Waals surface area (Å²) < 4.78 is 4.54. The van der Waals surface area contributed by atoms with E-state index in [0.29, 0.717) is 5.82 Å². The fourth-order valence-corrected chi connectivity index (χ4v) is 1.37. The second kappa shape index (κ2) is 4.57. The highest BCUT2D eigenvalue weighted by Gasteiger charge is 2.04. The highest BCUT2D eigenvalue weighted by Crippen LogP contribution is 2.17. The van der Waals surface area contributed by atoms with Crippen molar-refractivity contribution in [2.75, 3.05) is 19.0 Å². The third kappa shape index (κ3) is 2.08. The van der Waals surface area contributed by atoms with Crippen molar-refractivity contribution in [3.63, 3.8) is 0 Å². The highest BCUT2D eigenvalue weighted by atomic mass is 16.5. The van der Waals surface area contributed by atoms with Gasteiger partial charge < -0.3 is 10.1 Å². The van der Waals surface area contributed by atoms with Gasteiger partial charge >= 0.3 is 5.97 Å². The molecule has 0 aliphatic heterocycles. The van der Waals surface area contributed by atoms with Gasteiger partial charge in [-0.25, -0.2) is 9.97 Å². The molecule has 1 N–H and O–H groups in total. The van der Waals surface area contributed by atoms with Crippen LogP contribution in [0.15, 0.2) is 30.6 Å². The van der Waals surface area contributed by atoms with Gasteiger partial charge in [0.15, 0.2) is 0 Å². The van der Waals surface area contributed by atoms with Crippen molar-refractivity contribution in [1.29, 1.82) is 0 Å². The lowest BCUT2D eigenvalue weighted by Crippen LogP contribution is -2.15. The number of hydrogen-bond acceptors (Lipinski definition) is 5. The lowest BCUT2D eigenvalue weighted by atomic mass is 10.2.